The van der Waals surface area contributed by atoms with E-state index in [-0.39, 0.29) is 36.8 Å². The van der Waals surface area contributed by atoms with Gasteiger partial charge < -0.3 is 19.1 Å². The van der Waals surface area contributed by atoms with Gasteiger partial charge in [-0.2, -0.15) is 0 Å². The predicted octanol–water partition coefficient (Wildman–Crippen LogP) is 3.26. The molecule has 0 N–H and O–H groups in total. The molecule has 1 aromatic carbocycles. The molecule has 8 nitrogen and oxygen atoms in total. The Morgan fingerprint density at radius 2 is 2.00 bits per heavy atom. The molecule has 1 fully saturated rings. The van der Waals surface area contributed by atoms with Gasteiger partial charge >= 0.3 is 0 Å². The zero-order valence-electron chi connectivity index (χ0n) is 18.9. The SMILES string of the molecule is CC(C)CN1C[C@@H](OCc2cccnc2)CN(C(=O)c2cc(-c3ccccc3)no2)CC1=O. The second-order valence-electron chi connectivity index (χ2n) is 8.61. The average Bonchev–Trinajstić information content (AvgIpc) is 3.26. The number of nitrogens with zero attached hydrogens (tertiary/aromatic N) is 4. The van der Waals surface area contributed by atoms with Gasteiger partial charge in [-0.1, -0.05) is 55.4 Å². The largest absolute Gasteiger partial charge is 0.370 e. The van der Waals surface area contributed by atoms with Gasteiger partial charge in [0.1, 0.15) is 12.2 Å². The summed E-state index contributed by atoms with van der Waals surface area (Å²) in [6.45, 7) is 5.75. The van der Waals surface area contributed by atoms with Crippen molar-refractivity contribution in [2.45, 2.75) is 26.6 Å². The lowest BCUT2D eigenvalue weighted by atomic mass is 10.1. The Morgan fingerprint density at radius 1 is 1.18 bits per heavy atom. The lowest BCUT2D eigenvalue weighted by Gasteiger charge is -2.25. The highest BCUT2D eigenvalue weighted by Crippen LogP contribution is 2.21. The third-order valence-electron chi connectivity index (χ3n) is 5.40. The van der Waals surface area contributed by atoms with E-state index in [1.165, 1.54) is 4.90 Å². The molecule has 33 heavy (non-hydrogen) atoms. The van der Waals surface area contributed by atoms with E-state index in [1.54, 1.807) is 23.4 Å². The van der Waals surface area contributed by atoms with Crippen molar-refractivity contribution >= 4 is 11.8 Å². The number of amides is 2. The lowest BCUT2D eigenvalue weighted by Crippen LogP contribution is -2.40. The molecule has 3 aromatic rings. The van der Waals surface area contributed by atoms with Crippen LogP contribution in [0.3, 0.4) is 0 Å². The van der Waals surface area contributed by atoms with Crippen molar-refractivity contribution < 1.29 is 18.8 Å². The minimum absolute atomic E-state index is 0.0281. The summed E-state index contributed by atoms with van der Waals surface area (Å²) in [4.78, 5) is 33.6. The summed E-state index contributed by atoms with van der Waals surface area (Å²) in [5.74, 6) is -0.0745. The Bertz CT molecular complexity index is 1070. The molecule has 2 aromatic heterocycles. The molecule has 0 radical (unpaired) electrons. The Kier molecular flexibility index (Phi) is 7.14. The highest BCUT2D eigenvalue weighted by atomic mass is 16.5. The molecule has 0 bridgehead atoms. The topological polar surface area (TPSA) is 88.8 Å². The summed E-state index contributed by atoms with van der Waals surface area (Å²) in [7, 11) is 0. The fourth-order valence-electron chi connectivity index (χ4n) is 3.83. The van der Waals surface area contributed by atoms with Crippen molar-refractivity contribution in [3.05, 3.63) is 72.2 Å². The monoisotopic (exact) mass is 448 g/mol. The van der Waals surface area contributed by atoms with Crippen LogP contribution in [0, 0.1) is 5.92 Å². The van der Waals surface area contributed by atoms with Crippen molar-refractivity contribution in [3.63, 3.8) is 0 Å². The minimum atomic E-state index is -0.376. The quantitative estimate of drug-likeness (QED) is 0.551. The molecule has 1 saturated heterocycles. The van der Waals surface area contributed by atoms with Crippen LogP contribution in [0.4, 0.5) is 0 Å². The number of aromatic nitrogens is 2. The second-order valence-corrected chi connectivity index (χ2v) is 8.61. The Labute approximate surface area is 193 Å². The molecular formula is C25H28N4O4. The highest BCUT2D eigenvalue weighted by Gasteiger charge is 2.33. The molecule has 3 heterocycles. The van der Waals surface area contributed by atoms with Gasteiger partial charge in [-0.05, 0) is 17.5 Å². The predicted molar refractivity (Wildman–Crippen MR) is 122 cm³/mol. The molecule has 4 rings (SSSR count). The normalized spacial score (nSPS) is 16.8. The summed E-state index contributed by atoms with van der Waals surface area (Å²) in [5, 5.41) is 4.04. The van der Waals surface area contributed by atoms with Crippen LogP contribution in [0.1, 0.15) is 30.0 Å². The number of rotatable bonds is 7. The van der Waals surface area contributed by atoms with Crippen LogP contribution < -0.4 is 0 Å². The first-order chi connectivity index (χ1) is 16.0. The van der Waals surface area contributed by atoms with Crippen LogP contribution in [-0.4, -0.2) is 64.0 Å². The first kappa shape index (κ1) is 22.7. The maximum Gasteiger partial charge on any atom is 0.293 e. The van der Waals surface area contributed by atoms with Crippen LogP contribution in [0.2, 0.25) is 0 Å². The summed E-state index contributed by atoms with van der Waals surface area (Å²) in [6.07, 6.45) is 3.12. The van der Waals surface area contributed by atoms with Crippen LogP contribution >= 0.6 is 0 Å². The lowest BCUT2D eigenvalue weighted by molar-refractivity contribution is -0.132. The van der Waals surface area contributed by atoms with E-state index in [1.807, 2.05) is 42.5 Å². The highest BCUT2D eigenvalue weighted by molar-refractivity contribution is 5.95. The standard InChI is InChI=1S/C25H28N4O4/c1-18(2)13-28-14-21(32-17-19-7-6-10-26-12-19)15-29(16-24(28)30)25(31)23-11-22(27-33-23)20-8-4-3-5-9-20/h3-12,18,21H,13-17H2,1-2H3/t21-/m1/s1. The first-order valence-corrected chi connectivity index (χ1v) is 11.1. The number of ether oxygens (including phenoxy) is 1. The number of hydrogen-bond donors (Lipinski definition) is 0. The molecule has 0 aliphatic carbocycles. The Hall–Kier alpha value is -3.52. The van der Waals surface area contributed by atoms with Gasteiger partial charge in [-0.3, -0.25) is 14.6 Å². The summed E-state index contributed by atoms with van der Waals surface area (Å²) in [5.41, 5.74) is 2.36. The molecule has 0 saturated carbocycles. The van der Waals surface area contributed by atoms with E-state index >= 15 is 0 Å². The molecule has 0 spiro atoms. The molecule has 1 atom stereocenters. The summed E-state index contributed by atoms with van der Waals surface area (Å²) >= 11 is 0. The Balaban J connectivity index is 1.51. The van der Waals surface area contributed by atoms with Gasteiger partial charge in [-0.25, -0.2) is 0 Å². The van der Waals surface area contributed by atoms with Crippen molar-refractivity contribution in [2.24, 2.45) is 5.92 Å². The van der Waals surface area contributed by atoms with Crippen molar-refractivity contribution in [1.29, 1.82) is 0 Å². The molecule has 8 heteroatoms. The van der Waals surface area contributed by atoms with E-state index in [4.69, 9.17) is 9.26 Å². The molecule has 1 aliphatic rings. The smallest absolute Gasteiger partial charge is 0.293 e. The van der Waals surface area contributed by atoms with E-state index in [9.17, 15) is 9.59 Å². The first-order valence-electron chi connectivity index (χ1n) is 11.1. The number of benzene rings is 1. The molecule has 2 amide bonds. The fraction of sp³-hybridized carbons (Fsp3) is 0.360. The zero-order valence-corrected chi connectivity index (χ0v) is 18.9. The third kappa shape index (κ3) is 5.84. The van der Waals surface area contributed by atoms with Crippen LogP contribution in [0.15, 0.2) is 65.4 Å². The van der Waals surface area contributed by atoms with Gasteiger partial charge in [0.05, 0.1) is 12.7 Å². The van der Waals surface area contributed by atoms with Crippen molar-refractivity contribution in [2.75, 3.05) is 26.2 Å². The molecule has 0 unspecified atom stereocenters. The fourth-order valence-corrected chi connectivity index (χ4v) is 3.83. The second kappa shape index (κ2) is 10.4. The van der Waals surface area contributed by atoms with Crippen LogP contribution in [0.5, 0.6) is 0 Å². The van der Waals surface area contributed by atoms with Crippen molar-refractivity contribution in [3.8, 4) is 11.3 Å². The maximum absolute atomic E-state index is 13.2. The number of carbonyl (C=O) groups excluding carboxylic acids is 2. The van der Waals surface area contributed by atoms with E-state index in [0.717, 1.165) is 11.1 Å². The minimum Gasteiger partial charge on any atom is -0.370 e. The average molecular weight is 449 g/mol. The van der Waals surface area contributed by atoms with Gasteiger partial charge in [0.2, 0.25) is 11.7 Å². The molecular weight excluding hydrogens is 420 g/mol. The molecule has 1 aliphatic heterocycles. The number of carbonyl (C=O) groups is 2. The van der Waals surface area contributed by atoms with E-state index < -0.39 is 0 Å². The van der Waals surface area contributed by atoms with E-state index in [2.05, 4.69) is 24.0 Å². The van der Waals surface area contributed by atoms with E-state index in [0.29, 0.717) is 31.3 Å². The van der Waals surface area contributed by atoms with Gasteiger partial charge in [0, 0.05) is 43.7 Å². The maximum atomic E-state index is 13.2. The van der Waals surface area contributed by atoms with Crippen LogP contribution in [-0.2, 0) is 16.1 Å². The third-order valence-corrected chi connectivity index (χ3v) is 5.40. The van der Waals surface area contributed by atoms with Gasteiger partial charge in [0.25, 0.3) is 5.91 Å². The summed E-state index contributed by atoms with van der Waals surface area (Å²) in [6, 6.07) is 14.9. The zero-order chi connectivity index (χ0) is 23.2. The van der Waals surface area contributed by atoms with Crippen LogP contribution in [0.25, 0.3) is 11.3 Å². The van der Waals surface area contributed by atoms with Crippen molar-refractivity contribution in [1.82, 2.24) is 19.9 Å². The van der Waals surface area contributed by atoms with Gasteiger partial charge in [0.15, 0.2) is 0 Å². The number of pyridine rings is 1. The number of hydrogen-bond acceptors (Lipinski definition) is 6. The Morgan fingerprint density at radius 3 is 2.73 bits per heavy atom. The molecule has 172 valence electrons. The van der Waals surface area contributed by atoms with Gasteiger partial charge in [-0.15, -0.1) is 0 Å². The summed E-state index contributed by atoms with van der Waals surface area (Å²) < 4.78 is 11.5.